The fourth-order valence-electron chi connectivity index (χ4n) is 1.56. The Balaban J connectivity index is 2.09. The molecule has 4 nitrogen and oxygen atoms in total. The summed E-state index contributed by atoms with van der Waals surface area (Å²) >= 11 is -1.76. The highest BCUT2D eigenvalue weighted by Crippen LogP contribution is 2.27. The molecule has 0 saturated carbocycles. The van der Waals surface area contributed by atoms with E-state index in [0.29, 0.717) is 11.4 Å². The lowest BCUT2D eigenvalue weighted by atomic mass is 10.1. The molecule has 1 unspecified atom stereocenters. The summed E-state index contributed by atoms with van der Waals surface area (Å²) in [5.74, 6) is 0.546. The zero-order chi connectivity index (χ0) is 13.8. The molecule has 2 N–H and O–H groups in total. The van der Waals surface area contributed by atoms with Crippen LogP contribution in [0, 0.1) is 13.8 Å². The Kier molecular flexibility index (Phi) is 4.06. The predicted molar refractivity (Wildman–Crippen MR) is 76.4 cm³/mol. The lowest BCUT2D eigenvalue weighted by Gasteiger charge is -2.10. The zero-order valence-corrected chi connectivity index (χ0v) is 11.5. The van der Waals surface area contributed by atoms with Crippen LogP contribution in [0.5, 0.6) is 11.5 Å². The summed E-state index contributed by atoms with van der Waals surface area (Å²) in [5, 5.41) is 9.78. The van der Waals surface area contributed by atoms with Crippen LogP contribution in [0.25, 0.3) is 0 Å². The van der Waals surface area contributed by atoms with E-state index in [4.69, 9.17) is 4.18 Å². The quantitative estimate of drug-likeness (QED) is 0.844. The minimum absolute atomic E-state index is 0.0492. The summed E-state index contributed by atoms with van der Waals surface area (Å²) in [5.41, 5.74) is 2.35. The molecule has 0 heterocycles. The Labute approximate surface area is 114 Å². The van der Waals surface area contributed by atoms with Crippen molar-refractivity contribution in [3.63, 3.8) is 0 Å². The maximum absolute atomic E-state index is 11.8. The van der Waals surface area contributed by atoms with Crippen LogP contribution >= 0.6 is 0 Å². The lowest BCUT2D eigenvalue weighted by Crippen LogP contribution is -2.11. The van der Waals surface area contributed by atoms with Crippen LogP contribution in [0.15, 0.2) is 42.5 Å². The van der Waals surface area contributed by atoms with Gasteiger partial charge in [-0.15, -0.1) is 0 Å². The van der Waals surface area contributed by atoms with Gasteiger partial charge >= 0.3 is 11.3 Å². The minimum Gasteiger partial charge on any atom is -0.506 e. The number of aryl methyl sites for hydroxylation is 2. The molecule has 5 heteroatoms. The third-order valence-electron chi connectivity index (χ3n) is 2.72. The molecular weight excluding hydrogens is 262 g/mol. The van der Waals surface area contributed by atoms with E-state index in [1.54, 1.807) is 36.4 Å². The average molecular weight is 277 g/mol. The van der Waals surface area contributed by atoms with Gasteiger partial charge < -0.3 is 9.29 Å². The van der Waals surface area contributed by atoms with Crippen LogP contribution in [-0.2, 0) is 11.3 Å². The molecule has 0 bridgehead atoms. The van der Waals surface area contributed by atoms with Gasteiger partial charge in [-0.3, -0.25) is 4.72 Å². The lowest BCUT2D eigenvalue weighted by molar-refractivity contribution is 0.477. The number of hydrogen-bond donors (Lipinski definition) is 2. The number of rotatable bonds is 4. The molecule has 100 valence electrons. The Hall–Kier alpha value is -2.01. The first-order valence-electron chi connectivity index (χ1n) is 5.78. The highest BCUT2D eigenvalue weighted by atomic mass is 32.2. The Morgan fingerprint density at radius 3 is 2.42 bits per heavy atom. The number of anilines is 1. The van der Waals surface area contributed by atoms with Gasteiger partial charge in [0.1, 0.15) is 11.5 Å². The summed E-state index contributed by atoms with van der Waals surface area (Å²) in [6.45, 7) is 3.82. The molecule has 0 aliphatic carbocycles. The molecular formula is C14H15NO3S. The summed E-state index contributed by atoms with van der Waals surface area (Å²) in [6, 6.07) is 12.2. The first-order valence-corrected chi connectivity index (χ1v) is 6.86. The Morgan fingerprint density at radius 1 is 1.11 bits per heavy atom. The number of aromatic hydroxyl groups is 1. The smallest absolute Gasteiger partial charge is 0.316 e. The van der Waals surface area contributed by atoms with Gasteiger partial charge in [0.25, 0.3) is 0 Å². The van der Waals surface area contributed by atoms with Gasteiger partial charge in [0.05, 0.1) is 5.69 Å². The number of phenolic OH excluding ortho intramolecular Hbond substituents is 1. The SMILES string of the molecule is Cc1cc(O)c(NS(=O)Oc2ccccc2)cc1C. The van der Waals surface area contributed by atoms with Gasteiger partial charge in [-0.05, 0) is 49.2 Å². The fourth-order valence-corrected chi connectivity index (χ4v) is 2.23. The molecule has 0 saturated heterocycles. The Morgan fingerprint density at radius 2 is 1.74 bits per heavy atom. The molecule has 0 radical (unpaired) electrons. The highest BCUT2D eigenvalue weighted by molar-refractivity contribution is 7.82. The van der Waals surface area contributed by atoms with E-state index in [1.165, 1.54) is 0 Å². The highest BCUT2D eigenvalue weighted by Gasteiger charge is 2.08. The summed E-state index contributed by atoms with van der Waals surface area (Å²) in [7, 11) is 0. The third kappa shape index (κ3) is 3.48. The topological polar surface area (TPSA) is 58.6 Å². The van der Waals surface area contributed by atoms with Gasteiger partial charge in [0.2, 0.25) is 0 Å². The van der Waals surface area contributed by atoms with Gasteiger partial charge in [0, 0.05) is 0 Å². The summed E-state index contributed by atoms with van der Waals surface area (Å²) < 4.78 is 19.6. The van der Waals surface area contributed by atoms with Crippen molar-refractivity contribution in [2.45, 2.75) is 13.8 Å². The molecule has 0 fully saturated rings. The number of benzene rings is 2. The van der Waals surface area contributed by atoms with E-state index in [0.717, 1.165) is 11.1 Å². The predicted octanol–water partition coefficient (Wildman–Crippen LogP) is 3.08. The summed E-state index contributed by atoms with van der Waals surface area (Å²) in [4.78, 5) is 0. The molecule has 0 aliphatic rings. The largest absolute Gasteiger partial charge is 0.506 e. The van der Waals surface area contributed by atoms with E-state index in [-0.39, 0.29) is 5.75 Å². The number of hydrogen-bond acceptors (Lipinski definition) is 3. The van der Waals surface area contributed by atoms with Crippen LogP contribution in [0.4, 0.5) is 5.69 Å². The van der Waals surface area contributed by atoms with Gasteiger partial charge in [-0.1, -0.05) is 18.2 Å². The molecule has 0 spiro atoms. The second-order valence-corrected chi connectivity index (χ2v) is 5.03. The molecule has 0 aliphatic heterocycles. The van der Waals surface area contributed by atoms with Crippen molar-refractivity contribution in [2.24, 2.45) is 0 Å². The molecule has 0 aromatic heterocycles. The van der Waals surface area contributed by atoms with Crippen molar-refractivity contribution in [3.05, 3.63) is 53.6 Å². The fraction of sp³-hybridized carbons (Fsp3) is 0.143. The second kappa shape index (κ2) is 5.75. The zero-order valence-electron chi connectivity index (χ0n) is 10.7. The first-order chi connectivity index (χ1) is 9.06. The normalized spacial score (nSPS) is 11.9. The van der Waals surface area contributed by atoms with E-state index in [9.17, 15) is 9.32 Å². The third-order valence-corrected chi connectivity index (χ3v) is 3.45. The Bertz CT molecular complexity index is 599. The summed E-state index contributed by atoms with van der Waals surface area (Å²) in [6.07, 6.45) is 0. The van der Waals surface area contributed by atoms with Crippen LogP contribution in [0.3, 0.4) is 0 Å². The van der Waals surface area contributed by atoms with E-state index < -0.39 is 11.3 Å². The van der Waals surface area contributed by atoms with Gasteiger partial charge in [-0.25, -0.2) is 0 Å². The molecule has 19 heavy (non-hydrogen) atoms. The van der Waals surface area contributed by atoms with Crippen LogP contribution < -0.4 is 8.91 Å². The van der Waals surface area contributed by atoms with Crippen LogP contribution in [0.1, 0.15) is 11.1 Å². The first kappa shape index (κ1) is 13.4. The maximum atomic E-state index is 11.8. The van der Waals surface area contributed by atoms with Crippen molar-refractivity contribution in [1.29, 1.82) is 0 Å². The molecule has 2 rings (SSSR count). The number of nitrogens with one attached hydrogen (secondary N) is 1. The molecule has 2 aromatic carbocycles. The number of phenols is 1. The molecule has 0 amide bonds. The van der Waals surface area contributed by atoms with Gasteiger partial charge in [-0.2, -0.15) is 4.21 Å². The molecule has 2 aromatic rings. The van der Waals surface area contributed by atoms with Crippen LogP contribution in [-0.4, -0.2) is 9.32 Å². The molecule has 1 atom stereocenters. The van der Waals surface area contributed by atoms with E-state index >= 15 is 0 Å². The number of para-hydroxylation sites is 1. The van der Waals surface area contributed by atoms with Crippen molar-refractivity contribution >= 4 is 17.0 Å². The second-order valence-electron chi connectivity index (χ2n) is 4.19. The van der Waals surface area contributed by atoms with Gasteiger partial charge in [0.15, 0.2) is 0 Å². The standard InChI is InChI=1S/C14H15NO3S/c1-10-8-13(14(16)9-11(10)2)15-19(17)18-12-6-4-3-5-7-12/h3-9,15-16H,1-2H3. The van der Waals surface area contributed by atoms with Crippen molar-refractivity contribution in [2.75, 3.05) is 4.72 Å². The monoisotopic (exact) mass is 277 g/mol. The average Bonchev–Trinajstić information content (AvgIpc) is 2.37. The van der Waals surface area contributed by atoms with Crippen molar-refractivity contribution < 1.29 is 13.5 Å². The van der Waals surface area contributed by atoms with Crippen molar-refractivity contribution in [1.82, 2.24) is 0 Å². The van der Waals surface area contributed by atoms with E-state index in [1.807, 2.05) is 19.9 Å². The van der Waals surface area contributed by atoms with E-state index in [2.05, 4.69) is 4.72 Å². The maximum Gasteiger partial charge on any atom is 0.316 e. The van der Waals surface area contributed by atoms with Crippen molar-refractivity contribution in [3.8, 4) is 11.5 Å². The minimum atomic E-state index is -1.76. The van der Waals surface area contributed by atoms with Crippen LogP contribution in [0.2, 0.25) is 0 Å².